The molecular formula is C20H22N2O4. The van der Waals surface area contributed by atoms with Crippen LogP contribution in [0.15, 0.2) is 54.6 Å². The summed E-state index contributed by atoms with van der Waals surface area (Å²) in [7, 11) is 0. The van der Waals surface area contributed by atoms with Crippen molar-refractivity contribution in [2.75, 3.05) is 11.9 Å². The lowest BCUT2D eigenvalue weighted by Gasteiger charge is -2.19. The molecule has 0 aliphatic heterocycles. The van der Waals surface area contributed by atoms with E-state index in [4.69, 9.17) is 0 Å². The molecule has 2 rings (SSSR count). The van der Waals surface area contributed by atoms with Crippen molar-refractivity contribution < 1.29 is 19.5 Å². The first kappa shape index (κ1) is 19.2. The number of nitrogens with one attached hydrogen (secondary N) is 2. The first-order valence-corrected chi connectivity index (χ1v) is 8.23. The Morgan fingerprint density at radius 1 is 0.923 bits per heavy atom. The third-order valence-corrected chi connectivity index (χ3v) is 4.08. The van der Waals surface area contributed by atoms with Gasteiger partial charge in [0.15, 0.2) is 0 Å². The van der Waals surface area contributed by atoms with E-state index in [2.05, 4.69) is 10.6 Å². The van der Waals surface area contributed by atoms with Crippen LogP contribution >= 0.6 is 0 Å². The quantitative estimate of drug-likeness (QED) is 0.711. The van der Waals surface area contributed by atoms with E-state index in [1.807, 2.05) is 30.3 Å². The van der Waals surface area contributed by atoms with Gasteiger partial charge in [-0.3, -0.25) is 14.4 Å². The van der Waals surface area contributed by atoms with Crippen LogP contribution in [0.1, 0.15) is 25.0 Å². The van der Waals surface area contributed by atoms with Gasteiger partial charge >= 0.3 is 5.97 Å². The zero-order valence-corrected chi connectivity index (χ0v) is 14.8. The fraction of sp³-hybridized carbons (Fsp3) is 0.250. The molecule has 6 heteroatoms. The molecule has 0 spiro atoms. The largest absolute Gasteiger partial charge is 0.481 e. The highest BCUT2D eigenvalue weighted by Gasteiger charge is 2.29. The summed E-state index contributed by atoms with van der Waals surface area (Å²) in [4.78, 5) is 35.0. The third kappa shape index (κ3) is 5.17. The number of carbonyl (C=O) groups is 3. The molecule has 0 saturated heterocycles. The van der Waals surface area contributed by atoms with Crippen LogP contribution in [-0.4, -0.2) is 29.4 Å². The van der Waals surface area contributed by atoms with Crippen molar-refractivity contribution in [1.82, 2.24) is 5.32 Å². The number of carboxylic acid groups (broad SMARTS) is 1. The molecule has 0 saturated carbocycles. The highest BCUT2D eigenvalue weighted by atomic mass is 16.4. The Morgan fingerprint density at radius 3 is 2.12 bits per heavy atom. The number of aliphatic carboxylic acids is 1. The minimum Gasteiger partial charge on any atom is -0.481 e. The minimum atomic E-state index is -1.01. The Labute approximate surface area is 152 Å². The van der Waals surface area contributed by atoms with Crippen molar-refractivity contribution in [2.24, 2.45) is 0 Å². The lowest BCUT2D eigenvalue weighted by atomic mass is 9.85. The summed E-state index contributed by atoms with van der Waals surface area (Å²) >= 11 is 0. The van der Waals surface area contributed by atoms with E-state index in [1.54, 1.807) is 38.1 Å². The number of hydrogen-bond donors (Lipinski definition) is 3. The van der Waals surface area contributed by atoms with Crippen molar-refractivity contribution in [1.29, 1.82) is 0 Å². The van der Waals surface area contributed by atoms with Gasteiger partial charge in [0.1, 0.15) is 0 Å². The molecule has 0 aliphatic rings. The molecule has 0 heterocycles. The maximum absolute atomic E-state index is 11.9. The van der Waals surface area contributed by atoms with Crippen molar-refractivity contribution in [3.8, 4) is 0 Å². The number of rotatable bonds is 7. The van der Waals surface area contributed by atoms with Crippen LogP contribution in [0.2, 0.25) is 0 Å². The van der Waals surface area contributed by atoms with Crippen molar-refractivity contribution in [3.63, 3.8) is 0 Å². The predicted molar refractivity (Wildman–Crippen MR) is 98.9 cm³/mol. The Bertz CT molecular complexity index is 783. The number of hydrogen-bond acceptors (Lipinski definition) is 3. The zero-order chi connectivity index (χ0) is 19.2. The van der Waals surface area contributed by atoms with Crippen LogP contribution in [-0.2, 0) is 26.2 Å². The SMILES string of the molecule is CC(C)(C(=O)O)c1ccc(NC(=O)CNC(=O)Cc2ccccc2)cc1. The zero-order valence-electron chi connectivity index (χ0n) is 14.8. The molecule has 2 amide bonds. The maximum atomic E-state index is 11.9. The predicted octanol–water partition coefficient (Wildman–Crippen LogP) is 2.35. The Kier molecular flexibility index (Phi) is 6.11. The summed E-state index contributed by atoms with van der Waals surface area (Å²) < 4.78 is 0. The van der Waals surface area contributed by atoms with Gasteiger partial charge in [-0.1, -0.05) is 42.5 Å². The summed E-state index contributed by atoms with van der Waals surface area (Å²) in [5, 5.41) is 14.5. The van der Waals surface area contributed by atoms with Gasteiger partial charge < -0.3 is 15.7 Å². The Hall–Kier alpha value is -3.15. The normalized spacial score (nSPS) is 10.8. The number of anilines is 1. The average Bonchev–Trinajstić information content (AvgIpc) is 2.61. The van der Waals surface area contributed by atoms with Crippen molar-refractivity contribution in [2.45, 2.75) is 25.7 Å². The highest BCUT2D eigenvalue weighted by Crippen LogP contribution is 2.24. The number of carboxylic acids is 1. The first-order chi connectivity index (χ1) is 12.3. The Morgan fingerprint density at radius 2 is 1.54 bits per heavy atom. The molecule has 0 unspecified atom stereocenters. The van der Waals surface area contributed by atoms with Crippen LogP contribution in [0.5, 0.6) is 0 Å². The first-order valence-electron chi connectivity index (χ1n) is 8.23. The topological polar surface area (TPSA) is 95.5 Å². The van der Waals surface area contributed by atoms with Crippen LogP contribution in [0.3, 0.4) is 0 Å². The molecular weight excluding hydrogens is 332 g/mol. The second-order valence-corrected chi connectivity index (χ2v) is 6.49. The summed E-state index contributed by atoms with van der Waals surface area (Å²) in [5.74, 6) is -1.50. The van der Waals surface area contributed by atoms with E-state index in [-0.39, 0.29) is 24.8 Å². The van der Waals surface area contributed by atoms with E-state index in [9.17, 15) is 19.5 Å². The van der Waals surface area contributed by atoms with Gasteiger partial charge in [-0.15, -0.1) is 0 Å². The molecule has 0 fully saturated rings. The van der Waals surface area contributed by atoms with Crippen molar-refractivity contribution in [3.05, 3.63) is 65.7 Å². The summed E-state index contributed by atoms with van der Waals surface area (Å²) in [5.41, 5.74) is 1.05. The average molecular weight is 354 g/mol. The van der Waals surface area contributed by atoms with Crippen molar-refractivity contribution >= 4 is 23.5 Å². The highest BCUT2D eigenvalue weighted by molar-refractivity contribution is 5.94. The molecule has 136 valence electrons. The van der Waals surface area contributed by atoms with Crippen LogP contribution in [0, 0.1) is 0 Å². The van der Waals surface area contributed by atoms with E-state index >= 15 is 0 Å². The van der Waals surface area contributed by atoms with Crippen LogP contribution in [0.4, 0.5) is 5.69 Å². The smallest absolute Gasteiger partial charge is 0.313 e. The van der Waals surface area contributed by atoms with Gasteiger partial charge in [-0.2, -0.15) is 0 Å². The van der Waals surface area contributed by atoms with Gasteiger partial charge in [0.25, 0.3) is 0 Å². The fourth-order valence-corrected chi connectivity index (χ4v) is 2.32. The monoisotopic (exact) mass is 354 g/mol. The molecule has 0 aromatic heterocycles. The molecule has 0 radical (unpaired) electrons. The molecule has 0 atom stereocenters. The van der Waals surface area contributed by atoms with Gasteiger partial charge in [-0.05, 0) is 37.1 Å². The fourth-order valence-electron chi connectivity index (χ4n) is 2.32. The molecule has 0 bridgehead atoms. The van der Waals surface area contributed by atoms with Gasteiger partial charge in [-0.25, -0.2) is 0 Å². The van der Waals surface area contributed by atoms with E-state index in [1.165, 1.54) is 0 Å². The molecule has 0 aliphatic carbocycles. The molecule has 26 heavy (non-hydrogen) atoms. The second kappa shape index (κ2) is 8.29. The van der Waals surface area contributed by atoms with Gasteiger partial charge in [0.05, 0.1) is 18.4 Å². The van der Waals surface area contributed by atoms with E-state index in [0.717, 1.165) is 5.56 Å². The van der Waals surface area contributed by atoms with E-state index < -0.39 is 11.4 Å². The lowest BCUT2D eigenvalue weighted by molar-refractivity contribution is -0.142. The molecule has 3 N–H and O–H groups in total. The molecule has 6 nitrogen and oxygen atoms in total. The molecule has 2 aromatic rings. The van der Waals surface area contributed by atoms with Gasteiger partial charge in [0.2, 0.25) is 11.8 Å². The van der Waals surface area contributed by atoms with Gasteiger partial charge in [0, 0.05) is 5.69 Å². The lowest BCUT2D eigenvalue weighted by Crippen LogP contribution is -2.33. The number of carbonyl (C=O) groups excluding carboxylic acids is 2. The van der Waals surface area contributed by atoms with E-state index in [0.29, 0.717) is 11.3 Å². The summed E-state index contributed by atoms with van der Waals surface area (Å²) in [6, 6.07) is 15.9. The number of benzene rings is 2. The summed E-state index contributed by atoms with van der Waals surface area (Å²) in [6.07, 6.45) is 0.215. The minimum absolute atomic E-state index is 0.131. The number of amides is 2. The second-order valence-electron chi connectivity index (χ2n) is 6.49. The Balaban J connectivity index is 1.84. The van der Waals surface area contributed by atoms with Crippen LogP contribution < -0.4 is 10.6 Å². The summed E-state index contributed by atoms with van der Waals surface area (Å²) in [6.45, 7) is 3.10. The third-order valence-electron chi connectivity index (χ3n) is 4.08. The maximum Gasteiger partial charge on any atom is 0.313 e. The standard InChI is InChI=1S/C20H22N2O4/c1-20(2,19(25)26)15-8-10-16(11-9-15)22-18(24)13-21-17(23)12-14-6-4-3-5-7-14/h3-11H,12-13H2,1-2H3,(H,21,23)(H,22,24)(H,25,26). The van der Waals surface area contributed by atoms with Crippen LogP contribution in [0.25, 0.3) is 0 Å². The molecule has 2 aromatic carbocycles.